The van der Waals surface area contributed by atoms with Gasteiger partial charge in [-0.2, -0.15) is 0 Å². The van der Waals surface area contributed by atoms with Gasteiger partial charge in [-0.05, 0) is 18.1 Å². The molecule has 0 radical (unpaired) electrons. The van der Waals surface area contributed by atoms with Crippen molar-refractivity contribution in [3.63, 3.8) is 0 Å². The van der Waals surface area contributed by atoms with Gasteiger partial charge >= 0.3 is 0 Å². The van der Waals surface area contributed by atoms with Crippen LogP contribution in [0.15, 0.2) is 12.1 Å². The maximum absolute atomic E-state index is 11.8. The van der Waals surface area contributed by atoms with Crippen LogP contribution in [0.25, 0.3) is 0 Å². The Morgan fingerprint density at radius 2 is 2.12 bits per heavy atom. The molecule has 1 aromatic carbocycles. The van der Waals surface area contributed by atoms with Crippen LogP contribution in [-0.2, 0) is 4.79 Å². The Kier molecular flexibility index (Phi) is 3.71. The van der Waals surface area contributed by atoms with Crippen molar-refractivity contribution in [3.05, 3.63) is 22.2 Å². The van der Waals surface area contributed by atoms with E-state index in [-0.39, 0.29) is 22.6 Å². The van der Waals surface area contributed by atoms with Crippen molar-refractivity contribution in [2.45, 2.75) is 6.42 Å². The van der Waals surface area contributed by atoms with Crippen LogP contribution >= 0.6 is 34.8 Å². The number of alkyl halides is 1. The van der Waals surface area contributed by atoms with Gasteiger partial charge in [0.1, 0.15) is 0 Å². The van der Waals surface area contributed by atoms with Crippen LogP contribution in [0.2, 0.25) is 10.0 Å². The minimum absolute atomic E-state index is 0.0794. The molecule has 1 saturated heterocycles. The van der Waals surface area contributed by atoms with Gasteiger partial charge in [0.2, 0.25) is 5.91 Å². The molecular weight excluding hydrogens is 284 g/mol. The molecule has 92 valence electrons. The summed E-state index contributed by atoms with van der Waals surface area (Å²) in [6.07, 6.45) is 0.382. The van der Waals surface area contributed by atoms with Gasteiger partial charge in [0.15, 0.2) is 5.75 Å². The fraction of sp³-hybridized carbons (Fsp3) is 0.364. The summed E-state index contributed by atoms with van der Waals surface area (Å²) < 4.78 is 0. The van der Waals surface area contributed by atoms with Gasteiger partial charge in [-0.25, -0.2) is 0 Å². The van der Waals surface area contributed by atoms with Crippen molar-refractivity contribution >= 4 is 46.4 Å². The summed E-state index contributed by atoms with van der Waals surface area (Å²) in [5.41, 5.74) is 0.347. The first-order valence-corrected chi connectivity index (χ1v) is 6.36. The second kappa shape index (κ2) is 4.92. The lowest BCUT2D eigenvalue weighted by Crippen LogP contribution is -2.24. The van der Waals surface area contributed by atoms with Crippen molar-refractivity contribution < 1.29 is 9.90 Å². The molecule has 17 heavy (non-hydrogen) atoms. The highest BCUT2D eigenvalue weighted by atomic mass is 35.5. The third-order valence-electron chi connectivity index (χ3n) is 2.72. The fourth-order valence-electron chi connectivity index (χ4n) is 1.88. The van der Waals surface area contributed by atoms with Gasteiger partial charge < -0.3 is 10.0 Å². The van der Waals surface area contributed by atoms with Gasteiger partial charge in [0, 0.05) is 23.9 Å². The number of rotatable bonds is 2. The first kappa shape index (κ1) is 12.8. The summed E-state index contributed by atoms with van der Waals surface area (Å²) >= 11 is 17.4. The van der Waals surface area contributed by atoms with E-state index >= 15 is 0 Å². The highest BCUT2D eigenvalue weighted by Gasteiger charge is 2.32. The van der Waals surface area contributed by atoms with Gasteiger partial charge in [0.25, 0.3) is 0 Å². The van der Waals surface area contributed by atoms with Gasteiger partial charge in [-0.3, -0.25) is 4.79 Å². The van der Waals surface area contributed by atoms with Gasteiger partial charge in [-0.15, -0.1) is 11.6 Å². The Hall–Kier alpha value is -0.640. The van der Waals surface area contributed by atoms with Crippen LogP contribution in [0.5, 0.6) is 5.75 Å². The molecule has 1 aliphatic rings. The van der Waals surface area contributed by atoms with Crippen molar-refractivity contribution in [2.24, 2.45) is 5.92 Å². The van der Waals surface area contributed by atoms with E-state index < -0.39 is 0 Å². The maximum Gasteiger partial charge on any atom is 0.227 e. The van der Waals surface area contributed by atoms with E-state index in [2.05, 4.69) is 0 Å². The molecular formula is C11H10Cl3NO2. The summed E-state index contributed by atoms with van der Waals surface area (Å²) in [4.78, 5) is 13.3. The fourth-order valence-corrected chi connectivity index (χ4v) is 2.57. The number of phenolic OH excluding ortho intramolecular Hbond substituents is 1. The lowest BCUT2D eigenvalue weighted by molar-refractivity contribution is -0.117. The van der Waals surface area contributed by atoms with Gasteiger partial charge in [0.05, 0.1) is 10.7 Å². The van der Waals surface area contributed by atoms with Crippen molar-refractivity contribution in [1.82, 2.24) is 0 Å². The molecule has 0 bridgehead atoms. The number of amides is 1. The molecule has 1 fully saturated rings. The number of aromatic hydroxyl groups is 1. The summed E-state index contributed by atoms with van der Waals surface area (Å²) in [7, 11) is 0. The second-order valence-electron chi connectivity index (χ2n) is 3.98. The summed E-state index contributed by atoms with van der Waals surface area (Å²) in [5.74, 6) is 0.308. The summed E-state index contributed by atoms with van der Waals surface area (Å²) in [6, 6.07) is 2.96. The monoisotopic (exact) mass is 293 g/mol. The number of phenols is 1. The Bertz CT molecular complexity index is 464. The molecule has 1 atom stereocenters. The van der Waals surface area contributed by atoms with Crippen LogP contribution in [0, 0.1) is 5.92 Å². The predicted octanol–water partition coefficient (Wildman–Crippen LogP) is 3.29. The highest BCUT2D eigenvalue weighted by molar-refractivity contribution is 6.36. The Labute approximate surface area is 114 Å². The zero-order valence-corrected chi connectivity index (χ0v) is 11.1. The highest BCUT2D eigenvalue weighted by Crippen LogP contribution is 2.39. The molecule has 2 rings (SSSR count). The van der Waals surface area contributed by atoms with Crippen LogP contribution in [0.4, 0.5) is 5.69 Å². The van der Waals surface area contributed by atoms with E-state index in [1.807, 2.05) is 0 Å². The molecule has 0 spiro atoms. The molecule has 6 heteroatoms. The van der Waals surface area contributed by atoms with Crippen LogP contribution in [-0.4, -0.2) is 23.4 Å². The molecule has 1 amide bonds. The number of anilines is 1. The second-order valence-corrected chi connectivity index (χ2v) is 5.14. The summed E-state index contributed by atoms with van der Waals surface area (Å²) in [6.45, 7) is 0.479. The smallest absolute Gasteiger partial charge is 0.227 e. The van der Waals surface area contributed by atoms with E-state index in [1.165, 1.54) is 17.0 Å². The van der Waals surface area contributed by atoms with Crippen molar-refractivity contribution in [3.8, 4) is 5.75 Å². The molecule has 3 nitrogen and oxygen atoms in total. The number of nitrogens with zero attached hydrogens (tertiary/aromatic N) is 1. The van der Waals surface area contributed by atoms with Crippen LogP contribution in [0.1, 0.15) is 6.42 Å². The number of hydrogen-bond donors (Lipinski definition) is 1. The molecule has 1 N–H and O–H groups in total. The van der Waals surface area contributed by atoms with E-state index in [9.17, 15) is 9.90 Å². The number of halogens is 3. The Morgan fingerprint density at radius 3 is 2.71 bits per heavy atom. The first-order valence-electron chi connectivity index (χ1n) is 5.07. The lowest BCUT2D eigenvalue weighted by Gasteiger charge is -2.18. The summed E-state index contributed by atoms with van der Waals surface area (Å²) in [5, 5.41) is 10.4. The maximum atomic E-state index is 11.8. The van der Waals surface area contributed by atoms with E-state index in [0.717, 1.165) is 0 Å². The number of carbonyl (C=O) groups is 1. The molecule has 0 saturated carbocycles. The number of hydrogen-bond acceptors (Lipinski definition) is 2. The SMILES string of the molecule is O=C1CC(CCl)CN1c1cc(Cl)cc(Cl)c1O. The molecule has 1 unspecified atom stereocenters. The van der Waals surface area contributed by atoms with Crippen LogP contribution in [0.3, 0.4) is 0 Å². The predicted molar refractivity (Wildman–Crippen MR) is 69.3 cm³/mol. The molecule has 0 aromatic heterocycles. The molecule has 1 heterocycles. The van der Waals surface area contributed by atoms with Gasteiger partial charge in [-0.1, -0.05) is 23.2 Å². The minimum Gasteiger partial charge on any atom is -0.504 e. The Balaban J connectivity index is 2.38. The quantitative estimate of drug-likeness (QED) is 0.850. The van der Waals surface area contributed by atoms with Crippen LogP contribution < -0.4 is 4.90 Å². The van der Waals surface area contributed by atoms with Crippen molar-refractivity contribution in [1.29, 1.82) is 0 Å². The third-order valence-corrected chi connectivity index (χ3v) is 3.66. The molecule has 0 aliphatic carbocycles. The van der Waals surface area contributed by atoms with E-state index in [4.69, 9.17) is 34.8 Å². The molecule has 1 aromatic rings. The number of carbonyl (C=O) groups excluding carboxylic acids is 1. The Morgan fingerprint density at radius 1 is 1.41 bits per heavy atom. The third kappa shape index (κ3) is 2.46. The average Bonchev–Trinajstić information content (AvgIpc) is 2.65. The zero-order chi connectivity index (χ0) is 12.6. The largest absolute Gasteiger partial charge is 0.504 e. The average molecular weight is 295 g/mol. The molecule has 1 aliphatic heterocycles. The lowest BCUT2D eigenvalue weighted by atomic mass is 10.1. The number of benzene rings is 1. The topological polar surface area (TPSA) is 40.5 Å². The van der Waals surface area contributed by atoms with E-state index in [1.54, 1.807) is 0 Å². The first-order chi connectivity index (χ1) is 8.02. The standard InChI is InChI=1S/C11H10Cl3NO2/c12-4-6-1-10(16)15(5-6)9-3-7(13)2-8(14)11(9)17/h2-3,6,17H,1,4-5H2. The van der Waals surface area contributed by atoms with Crippen molar-refractivity contribution in [2.75, 3.05) is 17.3 Å². The normalized spacial score (nSPS) is 20.1. The van der Waals surface area contributed by atoms with E-state index in [0.29, 0.717) is 29.6 Å². The zero-order valence-electron chi connectivity index (χ0n) is 8.79. The minimum atomic E-state index is -0.125.